The van der Waals surface area contributed by atoms with Crippen LogP contribution in [0.25, 0.3) is 0 Å². The Hall–Kier alpha value is -1.26. The van der Waals surface area contributed by atoms with Crippen LogP contribution in [-0.2, 0) is 4.79 Å². The summed E-state index contributed by atoms with van der Waals surface area (Å²) in [6, 6.07) is 0.0449. The van der Waals surface area contributed by atoms with Crippen molar-refractivity contribution in [1.29, 1.82) is 0 Å². The van der Waals surface area contributed by atoms with Gasteiger partial charge in [-0.15, -0.1) is 0 Å². The number of unbranched alkanes of at least 4 members (excludes halogenated alkanes) is 3. The maximum Gasteiger partial charge on any atom is 0.317 e. The van der Waals surface area contributed by atoms with Crippen LogP contribution in [0.15, 0.2) is 0 Å². The van der Waals surface area contributed by atoms with Crippen molar-refractivity contribution in [2.75, 3.05) is 13.1 Å². The van der Waals surface area contributed by atoms with Gasteiger partial charge in [-0.05, 0) is 26.2 Å². The van der Waals surface area contributed by atoms with Gasteiger partial charge in [-0.3, -0.25) is 4.79 Å². The van der Waals surface area contributed by atoms with Gasteiger partial charge in [0.05, 0.1) is 5.92 Å². The molecule has 0 aliphatic carbocycles. The molecule has 0 radical (unpaired) electrons. The molecule has 5 heteroatoms. The van der Waals surface area contributed by atoms with Crippen LogP contribution in [0.1, 0.15) is 58.8 Å². The van der Waals surface area contributed by atoms with Gasteiger partial charge in [-0.25, -0.2) is 4.79 Å². The Balaban J connectivity index is 2.28. The fourth-order valence-electron chi connectivity index (χ4n) is 2.61. The average molecular weight is 284 g/mol. The number of carbonyl (C=O) groups excluding carboxylic acids is 1. The first-order chi connectivity index (χ1) is 9.54. The lowest BCUT2D eigenvalue weighted by atomic mass is 9.98. The van der Waals surface area contributed by atoms with E-state index in [0.29, 0.717) is 19.5 Å². The summed E-state index contributed by atoms with van der Waals surface area (Å²) in [5.74, 6) is -1.20. The number of nitrogens with one attached hydrogen (secondary N) is 1. The van der Waals surface area contributed by atoms with E-state index in [2.05, 4.69) is 12.2 Å². The van der Waals surface area contributed by atoms with Crippen molar-refractivity contribution in [3.8, 4) is 0 Å². The van der Waals surface area contributed by atoms with Crippen molar-refractivity contribution < 1.29 is 14.7 Å². The van der Waals surface area contributed by atoms with Gasteiger partial charge in [0.2, 0.25) is 0 Å². The Labute approximate surface area is 121 Å². The second-order valence-corrected chi connectivity index (χ2v) is 5.82. The molecule has 2 amide bonds. The van der Waals surface area contributed by atoms with Crippen LogP contribution in [0.3, 0.4) is 0 Å². The highest BCUT2D eigenvalue weighted by Gasteiger charge is 2.28. The lowest BCUT2D eigenvalue weighted by Crippen LogP contribution is -2.49. The molecule has 0 saturated carbocycles. The minimum atomic E-state index is -0.796. The molecular formula is C15H28N2O3. The SMILES string of the molecule is CCCCCCC(C)NC(=O)N1CCCC(C(=O)O)C1. The molecule has 116 valence electrons. The molecule has 0 bridgehead atoms. The highest BCUT2D eigenvalue weighted by atomic mass is 16.4. The molecule has 1 heterocycles. The zero-order chi connectivity index (χ0) is 15.0. The highest BCUT2D eigenvalue weighted by molar-refractivity contribution is 5.76. The van der Waals surface area contributed by atoms with E-state index >= 15 is 0 Å². The Kier molecular flexibility index (Phi) is 7.41. The molecule has 0 aromatic heterocycles. The summed E-state index contributed by atoms with van der Waals surface area (Å²) in [5, 5.41) is 12.0. The van der Waals surface area contributed by atoms with Crippen molar-refractivity contribution >= 4 is 12.0 Å². The molecule has 2 N–H and O–H groups in total. The minimum absolute atomic E-state index is 0.112. The number of rotatable bonds is 7. The van der Waals surface area contributed by atoms with E-state index in [1.807, 2.05) is 6.92 Å². The number of piperidine rings is 1. The minimum Gasteiger partial charge on any atom is -0.481 e. The third-order valence-electron chi connectivity index (χ3n) is 3.92. The molecule has 0 aromatic carbocycles. The average Bonchev–Trinajstić information content (AvgIpc) is 2.43. The molecule has 2 unspecified atom stereocenters. The van der Waals surface area contributed by atoms with E-state index < -0.39 is 11.9 Å². The highest BCUT2D eigenvalue weighted by Crippen LogP contribution is 2.17. The van der Waals surface area contributed by atoms with Crippen molar-refractivity contribution in [3.63, 3.8) is 0 Å². The molecule has 1 aliphatic rings. The Bertz CT molecular complexity index is 320. The fourth-order valence-corrected chi connectivity index (χ4v) is 2.61. The second-order valence-electron chi connectivity index (χ2n) is 5.82. The van der Waals surface area contributed by atoms with Gasteiger partial charge in [0.1, 0.15) is 0 Å². The summed E-state index contributed by atoms with van der Waals surface area (Å²) in [6.07, 6.45) is 7.23. The number of hydrogen-bond donors (Lipinski definition) is 2. The van der Waals surface area contributed by atoms with Gasteiger partial charge in [0.15, 0.2) is 0 Å². The first-order valence-corrected chi connectivity index (χ1v) is 7.82. The molecular weight excluding hydrogens is 256 g/mol. The topological polar surface area (TPSA) is 69.6 Å². The van der Waals surface area contributed by atoms with E-state index in [-0.39, 0.29) is 12.1 Å². The zero-order valence-corrected chi connectivity index (χ0v) is 12.7. The van der Waals surface area contributed by atoms with Crippen molar-refractivity contribution in [3.05, 3.63) is 0 Å². The molecule has 1 aliphatic heterocycles. The Morgan fingerprint density at radius 3 is 2.75 bits per heavy atom. The van der Waals surface area contributed by atoms with Crippen LogP contribution >= 0.6 is 0 Å². The Morgan fingerprint density at radius 2 is 2.10 bits per heavy atom. The number of nitrogens with zero attached hydrogens (tertiary/aromatic N) is 1. The normalized spacial score (nSPS) is 20.5. The third-order valence-corrected chi connectivity index (χ3v) is 3.92. The number of carboxylic acid groups (broad SMARTS) is 1. The lowest BCUT2D eigenvalue weighted by Gasteiger charge is -2.31. The number of urea groups is 1. The van der Waals surface area contributed by atoms with Crippen LogP contribution in [0.2, 0.25) is 0 Å². The second kappa shape index (κ2) is 8.82. The van der Waals surface area contributed by atoms with Crippen LogP contribution in [0.5, 0.6) is 0 Å². The van der Waals surface area contributed by atoms with Crippen LogP contribution in [-0.4, -0.2) is 41.1 Å². The van der Waals surface area contributed by atoms with Crippen molar-refractivity contribution in [2.45, 2.75) is 64.8 Å². The third kappa shape index (κ3) is 5.80. The van der Waals surface area contributed by atoms with E-state index in [1.165, 1.54) is 19.3 Å². The Morgan fingerprint density at radius 1 is 1.35 bits per heavy atom. The van der Waals surface area contributed by atoms with Crippen molar-refractivity contribution in [2.24, 2.45) is 5.92 Å². The molecule has 2 atom stereocenters. The van der Waals surface area contributed by atoms with Crippen molar-refractivity contribution in [1.82, 2.24) is 10.2 Å². The number of hydrogen-bond acceptors (Lipinski definition) is 2. The molecule has 0 spiro atoms. The monoisotopic (exact) mass is 284 g/mol. The molecule has 1 rings (SSSR count). The van der Waals surface area contributed by atoms with Gasteiger partial charge in [-0.1, -0.05) is 32.6 Å². The standard InChI is InChI=1S/C15H28N2O3/c1-3-4-5-6-8-12(2)16-15(20)17-10-7-9-13(11-17)14(18)19/h12-13H,3-11H2,1-2H3,(H,16,20)(H,18,19). The number of aliphatic carboxylic acids is 1. The van der Waals surface area contributed by atoms with Gasteiger partial charge in [-0.2, -0.15) is 0 Å². The van der Waals surface area contributed by atoms with Gasteiger partial charge in [0.25, 0.3) is 0 Å². The molecule has 1 fully saturated rings. The predicted molar refractivity (Wildman–Crippen MR) is 78.7 cm³/mol. The quantitative estimate of drug-likeness (QED) is 0.706. The summed E-state index contributed by atoms with van der Waals surface area (Å²) in [6.45, 7) is 5.20. The van der Waals surface area contributed by atoms with E-state index in [4.69, 9.17) is 5.11 Å². The number of carbonyl (C=O) groups is 2. The molecule has 20 heavy (non-hydrogen) atoms. The number of amides is 2. The smallest absolute Gasteiger partial charge is 0.317 e. The predicted octanol–water partition coefficient (Wildman–Crippen LogP) is 2.85. The van der Waals surface area contributed by atoms with Crippen LogP contribution < -0.4 is 5.32 Å². The summed E-state index contributed by atoms with van der Waals surface area (Å²) in [5.41, 5.74) is 0. The van der Waals surface area contributed by atoms with Gasteiger partial charge >= 0.3 is 12.0 Å². The summed E-state index contributed by atoms with van der Waals surface area (Å²) >= 11 is 0. The van der Waals surface area contributed by atoms with Crippen LogP contribution in [0, 0.1) is 5.92 Å². The fraction of sp³-hybridized carbons (Fsp3) is 0.867. The summed E-state index contributed by atoms with van der Waals surface area (Å²) < 4.78 is 0. The van der Waals surface area contributed by atoms with E-state index in [9.17, 15) is 9.59 Å². The molecule has 0 aromatic rings. The molecule has 5 nitrogen and oxygen atoms in total. The van der Waals surface area contributed by atoms with E-state index in [1.54, 1.807) is 4.90 Å². The number of carboxylic acids is 1. The molecule has 1 saturated heterocycles. The van der Waals surface area contributed by atoms with Gasteiger partial charge < -0.3 is 15.3 Å². The number of likely N-dealkylation sites (tertiary alicyclic amines) is 1. The maximum absolute atomic E-state index is 12.1. The lowest BCUT2D eigenvalue weighted by molar-refractivity contribution is -0.143. The van der Waals surface area contributed by atoms with Gasteiger partial charge in [0, 0.05) is 19.1 Å². The zero-order valence-electron chi connectivity index (χ0n) is 12.7. The van der Waals surface area contributed by atoms with Crippen LogP contribution in [0.4, 0.5) is 4.79 Å². The summed E-state index contributed by atoms with van der Waals surface area (Å²) in [7, 11) is 0. The first-order valence-electron chi connectivity index (χ1n) is 7.82. The van der Waals surface area contributed by atoms with E-state index in [0.717, 1.165) is 19.3 Å². The maximum atomic E-state index is 12.1. The summed E-state index contributed by atoms with van der Waals surface area (Å²) in [4.78, 5) is 24.7. The largest absolute Gasteiger partial charge is 0.481 e. The first kappa shape index (κ1) is 16.8.